The minimum atomic E-state index is -0.426. The fraction of sp³-hybridized carbons (Fsp3) is 0.222. The lowest BCUT2D eigenvalue weighted by Crippen LogP contribution is -2.24. The Morgan fingerprint density at radius 1 is 1.53 bits per heavy atom. The lowest BCUT2D eigenvalue weighted by atomic mass is 10.3. The molecule has 1 aliphatic heterocycles. The van der Waals surface area contributed by atoms with E-state index in [4.69, 9.17) is 0 Å². The smallest absolute Gasteiger partial charge is 0.318 e. The van der Waals surface area contributed by atoms with Gasteiger partial charge in [-0.1, -0.05) is 10.8 Å². The van der Waals surface area contributed by atoms with Gasteiger partial charge in [0, 0.05) is 23.9 Å². The largest absolute Gasteiger partial charge is 0.341 e. The maximum Gasteiger partial charge on any atom is 0.318 e. The highest BCUT2D eigenvalue weighted by Gasteiger charge is 2.24. The van der Waals surface area contributed by atoms with E-state index in [1.807, 2.05) is 6.07 Å². The number of carbonyl (C=O) groups is 1. The maximum atomic E-state index is 11.2. The first kappa shape index (κ1) is 11.5. The number of hydrogen-bond donors (Lipinski definition) is 3. The van der Waals surface area contributed by atoms with Gasteiger partial charge >= 0.3 is 11.5 Å². The molecule has 17 heavy (non-hydrogen) atoms. The number of urea groups is 1. The van der Waals surface area contributed by atoms with Crippen LogP contribution in [-0.4, -0.2) is 23.3 Å². The van der Waals surface area contributed by atoms with Gasteiger partial charge in [0.15, 0.2) is 10.9 Å². The molecule has 88 valence electrons. The van der Waals surface area contributed by atoms with Crippen LogP contribution in [0.3, 0.4) is 0 Å². The van der Waals surface area contributed by atoms with Gasteiger partial charge in [0.25, 0.3) is 0 Å². The Morgan fingerprint density at radius 3 is 3.00 bits per heavy atom. The lowest BCUT2D eigenvalue weighted by molar-refractivity contribution is -0.515. The quantitative estimate of drug-likeness (QED) is 0.546. The standard InChI is InChI=1S/C9H10N6OS/c1-10-8(16)11-6-3-2-4-7(5-6)15-9(17)12-13-14-15/h2-5,9H,1H3,(H2-,10,11,16,17)/p+1. The predicted octanol–water partition coefficient (Wildman–Crippen LogP) is 2.13. The molecule has 1 aromatic rings. The topological polar surface area (TPSA) is 81.2 Å². The molecular weight excluding hydrogens is 240 g/mol. The third-order valence-corrected chi connectivity index (χ3v) is 2.43. The van der Waals surface area contributed by atoms with Crippen molar-refractivity contribution in [2.45, 2.75) is 5.50 Å². The van der Waals surface area contributed by atoms with Gasteiger partial charge in [0.2, 0.25) is 5.22 Å². The van der Waals surface area contributed by atoms with Gasteiger partial charge < -0.3 is 10.6 Å². The summed E-state index contributed by atoms with van der Waals surface area (Å²) in [6.45, 7) is 0. The number of anilines is 1. The van der Waals surface area contributed by atoms with Crippen LogP contribution in [0.2, 0.25) is 0 Å². The van der Waals surface area contributed by atoms with E-state index in [1.54, 1.807) is 25.2 Å². The zero-order valence-corrected chi connectivity index (χ0v) is 9.93. The molecule has 0 saturated heterocycles. The van der Waals surface area contributed by atoms with Gasteiger partial charge in [-0.3, -0.25) is 0 Å². The van der Waals surface area contributed by atoms with Crippen LogP contribution in [0.4, 0.5) is 16.2 Å². The molecule has 1 aliphatic rings. The number of hydrogen-bond acceptors (Lipinski definition) is 5. The second-order valence-electron chi connectivity index (χ2n) is 3.24. The molecule has 0 bridgehead atoms. The number of rotatable bonds is 2. The van der Waals surface area contributed by atoms with Crippen molar-refractivity contribution in [2.75, 3.05) is 12.4 Å². The van der Waals surface area contributed by atoms with E-state index in [9.17, 15) is 4.79 Å². The van der Waals surface area contributed by atoms with Crippen molar-refractivity contribution in [1.82, 2.24) is 5.32 Å². The number of amides is 2. The molecule has 2 amide bonds. The summed E-state index contributed by atoms with van der Waals surface area (Å²) in [4.78, 5) is 11.2. The minimum absolute atomic E-state index is 0.280. The molecule has 2 rings (SSSR count). The predicted molar refractivity (Wildman–Crippen MR) is 64.5 cm³/mol. The molecule has 0 fully saturated rings. The first-order valence-corrected chi connectivity index (χ1v) is 5.39. The third kappa shape index (κ3) is 2.59. The Bertz CT molecular complexity index is 500. The van der Waals surface area contributed by atoms with Gasteiger partial charge in [-0.05, 0) is 12.1 Å². The van der Waals surface area contributed by atoms with Gasteiger partial charge in [0.05, 0.1) is 0 Å². The zero-order valence-electron chi connectivity index (χ0n) is 9.03. The molecule has 1 heterocycles. The van der Waals surface area contributed by atoms with Crippen molar-refractivity contribution in [2.24, 2.45) is 15.6 Å². The molecule has 7 nitrogen and oxygen atoms in total. The van der Waals surface area contributed by atoms with Crippen LogP contribution in [0.1, 0.15) is 0 Å². The first-order valence-electron chi connectivity index (χ1n) is 4.87. The molecule has 8 heteroatoms. The van der Waals surface area contributed by atoms with E-state index in [0.29, 0.717) is 5.69 Å². The highest BCUT2D eigenvalue weighted by Crippen LogP contribution is 2.24. The van der Waals surface area contributed by atoms with Crippen LogP contribution in [-0.2, 0) is 0 Å². The van der Waals surface area contributed by atoms with Crippen LogP contribution in [0.15, 0.2) is 39.8 Å². The zero-order chi connectivity index (χ0) is 12.3. The summed E-state index contributed by atoms with van der Waals surface area (Å²) in [7, 11) is 1.55. The Balaban J connectivity index is 2.20. The Kier molecular flexibility index (Phi) is 3.33. The number of nitrogens with one attached hydrogen (secondary N) is 2. The van der Waals surface area contributed by atoms with Gasteiger partial charge in [-0.2, -0.15) is 0 Å². The summed E-state index contributed by atoms with van der Waals surface area (Å²) in [5.74, 6) is 0. The highest BCUT2D eigenvalue weighted by atomic mass is 32.1. The monoisotopic (exact) mass is 251 g/mol. The average molecular weight is 251 g/mol. The van der Waals surface area contributed by atoms with Crippen molar-refractivity contribution in [3.05, 3.63) is 24.3 Å². The Labute approximate surface area is 103 Å². The van der Waals surface area contributed by atoms with Crippen molar-refractivity contribution >= 4 is 30.0 Å². The maximum absolute atomic E-state index is 11.2. The lowest BCUT2D eigenvalue weighted by Gasteiger charge is -2.05. The van der Waals surface area contributed by atoms with E-state index < -0.39 is 5.50 Å². The summed E-state index contributed by atoms with van der Waals surface area (Å²) in [6, 6.07) is 6.89. The first-order chi connectivity index (χ1) is 8.20. The second kappa shape index (κ2) is 4.91. The van der Waals surface area contributed by atoms with Crippen molar-refractivity contribution in [3.8, 4) is 0 Å². The SMILES string of the molecule is CNC(=O)Nc1cccc([N+]2=NN=NC2S)c1. The Hall–Kier alpha value is -1.96. The van der Waals surface area contributed by atoms with Crippen LogP contribution in [0, 0.1) is 0 Å². The van der Waals surface area contributed by atoms with Crippen LogP contribution >= 0.6 is 12.6 Å². The number of benzene rings is 1. The van der Waals surface area contributed by atoms with Gasteiger partial charge in [-0.15, -0.1) is 12.6 Å². The van der Waals surface area contributed by atoms with E-state index in [2.05, 4.69) is 38.8 Å². The van der Waals surface area contributed by atoms with Crippen molar-refractivity contribution in [3.63, 3.8) is 0 Å². The molecule has 1 atom stereocenters. The number of nitrogens with zero attached hydrogens (tertiary/aromatic N) is 4. The third-order valence-electron chi connectivity index (χ3n) is 2.11. The molecular formula is C9H11N6OS+. The second-order valence-corrected chi connectivity index (χ2v) is 3.70. The molecule has 1 aromatic carbocycles. The van der Waals surface area contributed by atoms with Crippen molar-refractivity contribution in [1.29, 1.82) is 0 Å². The van der Waals surface area contributed by atoms with Gasteiger partial charge in [0.1, 0.15) is 0 Å². The van der Waals surface area contributed by atoms with Crippen LogP contribution in [0.5, 0.6) is 0 Å². The fourth-order valence-electron chi connectivity index (χ4n) is 1.31. The fourth-order valence-corrected chi connectivity index (χ4v) is 1.54. The molecule has 2 N–H and O–H groups in total. The summed E-state index contributed by atoms with van der Waals surface area (Å²) < 4.78 is 1.54. The highest BCUT2D eigenvalue weighted by molar-refractivity contribution is 7.80. The Morgan fingerprint density at radius 2 is 2.35 bits per heavy atom. The minimum Gasteiger partial charge on any atom is -0.341 e. The van der Waals surface area contributed by atoms with Crippen LogP contribution < -0.4 is 10.6 Å². The number of thiol groups is 1. The number of carbonyl (C=O) groups excluding carboxylic acids is 1. The summed E-state index contributed by atoms with van der Waals surface area (Å²) in [5.41, 5.74) is 0.985. The summed E-state index contributed by atoms with van der Waals surface area (Å²) in [6.07, 6.45) is 0. The molecule has 0 spiro atoms. The summed E-state index contributed by atoms with van der Waals surface area (Å²) >= 11 is 4.19. The van der Waals surface area contributed by atoms with E-state index in [0.717, 1.165) is 5.69 Å². The van der Waals surface area contributed by atoms with E-state index >= 15 is 0 Å². The molecule has 0 radical (unpaired) electrons. The summed E-state index contributed by atoms with van der Waals surface area (Å²) in [5, 5.41) is 16.2. The molecule has 0 saturated carbocycles. The van der Waals surface area contributed by atoms with E-state index in [1.165, 1.54) is 4.70 Å². The van der Waals surface area contributed by atoms with Crippen LogP contribution in [0.25, 0.3) is 0 Å². The van der Waals surface area contributed by atoms with Crippen molar-refractivity contribution < 1.29 is 9.49 Å². The average Bonchev–Trinajstić information content (AvgIpc) is 2.75. The van der Waals surface area contributed by atoms with Gasteiger partial charge in [-0.25, -0.2) is 4.79 Å². The van der Waals surface area contributed by atoms with E-state index in [-0.39, 0.29) is 6.03 Å². The molecule has 1 unspecified atom stereocenters. The molecule has 0 aromatic heterocycles. The normalized spacial score (nSPS) is 17.8. The molecule has 0 aliphatic carbocycles.